The third-order valence-corrected chi connectivity index (χ3v) is 6.35. The molecule has 2 amide bonds. The van der Waals surface area contributed by atoms with Gasteiger partial charge in [0.25, 0.3) is 0 Å². The normalized spacial score (nSPS) is 13.4. The SMILES string of the molecule is CC(=O)N1CC(Nc2ccc(Nc3ncc4ccnc(-c5cc(NC(=O)/C=C/CN(C)C)ccn5)c4n3)cc2)C1. The fraction of sp³-hybridized carbons (Fsp3) is 0.241. The molecule has 1 saturated heterocycles. The first-order chi connectivity index (χ1) is 19.3. The number of hydrogen-bond acceptors (Lipinski definition) is 9. The molecule has 5 rings (SSSR count). The lowest BCUT2D eigenvalue weighted by Crippen LogP contribution is -2.56. The summed E-state index contributed by atoms with van der Waals surface area (Å²) in [6.07, 6.45) is 8.38. The van der Waals surface area contributed by atoms with Crippen molar-refractivity contribution in [3.63, 3.8) is 0 Å². The van der Waals surface area contributed by atoms with Crippen molar-refractivity contribution in [3.05, 3.63) is 73.2 Å². The number of hydrogen-bond donors (Lipinski definition) is 3. The Hall–Kier alpha value is -4.90. The second-order valence-electron chi connectivity index (χ2n) is 9.84. The lowest BCUT2D eigenvalue weighted by Gasteiger charge is -2.39. The Kier molecular flexibility index (Phi) is 7.92. The zero-order valence-electron chi connectivity index (χ0n) is 22.6. The summed E-state index contributed by atoms with van der Waals surface area (Å²) in [5.41, 5.74) is 4.23. The molecule has 204 valence electrons. The van der Waals surface area contributed by atoms with Gasteiger partial charge >= 0.3 is 0 Å². The van der Waals surface area contributed by atoms with E-state index in [4.69, 9.17) is 4.98 Å². The molecule has 11 nitrogen and oxygen atoms in total. The van der Waals surface area contributed by atoms with Crippen molar-refractivity contribution in [1.29, 1.82) is 0 Å². The molecule has 0 unspecified atom stereocenters. The molecule has 4 heterocycles. The highest BCUT2D eigenvalue weighted by Crippen LogP contribution is 2.27. The topological polar surface area (TPSA) is 128 Å². The Bertz CT molecular complexity index is 1550. The fourth-order valence-corrected chi connectivity index (χ4v) is 4.24. The van der Waals surface area contributed by atoms with Crippen molar-refractivity contribution in [2.24, 2.45) is 0 Å². The van der Waals surface area contributed by atoms with Crippen LogP contribution in [0.2, 0.25) is 0 Å². The number of likely N-dealkylation sites (tertiary alicyclic amines) is 1. The van der Waals surface area contributed by atoms with E-state index in [-0.39, 0.29) is 17.9 Å². The largest absolute Gasteiger partial charge is 0.379 e. The van der Waals surface area contributed by atoms with Gasteiger partial charge in [-0.05, 0) is 56.6 Å². The van der Waals surface area contributed by atoms with Gasteiger partial charge in [0.15, 0.2) is 0 Å². The number of nitrogens with zero attached hydrogens (tertiary/aromatic N) is 6. The molecule has 40 heavy (non-hydrogen) atoms. The number of pyridine rings is 2. The quantitative estimate of drug-likeness (QED) is 0.275. The van der Waals surface area contributed by atoms with Crippen LogP contribution in [0.3, 0.4) is 0 Å². The van der Waals surface area contributed by atoms with Crippen LogP contribution in [-0.4, -0.2) is 81.3 Å². The summed E-state index contributed by atoms with van der Waals surface area (Å²) in [5, 5.41) is 10.4. The number of carbonyl (C=O) groups is 2. The van der Waals surface area contributed by atoms with E-state index in [0.717, 1.165) is 16.8 Å². The highest BCUT2D eigenvalue weighted by molar-refractivity contribution is 6.00. The summed E-state index contributed by atoms with van der Waals surface area (Å²) in [7, 11) is 3.88. The van der Waals surface area contributed by atoms with Crippen molar-refractivity contribution >= 4 is 45.7 Å². The molecule has 3 aromatic heterocycles. The van der Waals surface area contributed by atoms with Crippen LogP contribution < -0.4 is 16.0 Å². The minimum atomic E-state index is -0.217. The van der Waals surface area contributed by atoms with Crippen molar-refractivity contribution < 1.29 is 9.59 Å². The Balaban J connectivity index is 1.29. The van der Waals surface area contributed by atoms with Crippen LogP contribution in [0.1, 0.15) is 6.92 Å². The Labute approximate surface area is 232 Å². The molecule has 0 spiro atoms. The maximum Gasteiger partial charge on any atom is 0.248 e. The number of rotatable bonds is 9. The van der Waals surface area contributed by atoms with Gasteiger partial charge in [0.1, 0.15) is 11.2 Å². The van der Waals surface area contributed by atoms with E-state index in [1.807, 2.05) is 49.3 Å². The molecule has 0 bridgehead atoms. The van der Waals surface area contributed by atoms with E-state index in [1.165, 1.54) is 6.08 Å². The highest BCUT2D eigenvalue weighted by Gasteiger charge is 2.28. The van der Waals surface area contributed by atoms with Gasteiger partial charge in [0, 0.05) is 73.7 Å². The van der Waals surface area contributed by atoms with Gasteiger partial charge in [-0.2, -0.15) is 0 Å². The molecule has 3 N–H and O–H groups in total. The van der Waals surface area contributed by atoms with E-state index < -0.39 is 0 Å². The van der Waals surface area contributed by atoms with Gasteiger partial charge in [0.05, 0.1) is 11.7 Å². The van der Waals surface area contributed by atoms with Crippen molar-refractivity contribution in [3.8, 4) is 11.4 Å². The number of nitrogens with one attached hydrogen (secondary N) is 3. The summed E-state index contributed by atoms with van der Waals surface area (Å²) in [6, 6.07) is 13.5. The number of carbonyl (C=O) groups excluding carboxylic acids is 2. The first kappa shape index (κ1) is 26.7. The second kappa shape index (κ2) is 11.9. The number of likely N-dealkylation sites (N-methyl/N-ethyl adjacent to an activating group) is 1. The van der Waals surface area contributed by atoms with E-state index in [0.29, 0.717) is 48.2 Å². The molecule has 0 saturated carbocycles. The highest BCUT2D eigenvalue weighted by atomic mass is 16.2. The molecule has 0 aliphatic carbocycles. The molecule has 0 radical (unpaired) electrons. The number of fused-ring (bicyclic) bond motifs is 1. The maximum absolute atomic E-state index is 12.3. The summed E-state index contributed by atoms with van der Waals surface area (Å²) in [5.74, 6) is 0.310. The van der Waals surface area contributed by atoms with Gasteiger partial charge in [0.2, 0.25) is 17.8 Å². The third-order valence-electron chi connectivity index (χ3n) is 6.35. The number of benzene rings is 1. The fourth-order valence-electron chi connectivity index (χ4n) is 4.24. The molecular formula is C29H31N9O2. The first-order valence-electron chi connectivity index (χ1n) is 12.9. The van der Waals surface area contributed by atoms with Crippen molar-refractivity contribution in [1.82, 2.24) is 29.7 Å². The van der Waals surface area contributed by atoms with Crippen LogP contribution in [0.4, 0.5) is 23.0 Å². The van der Waals surface area contributed by atoms with Crippen molar-refractivity contribution in [2.45, 2.75) is 13.0 Å². The lowest BCUT2D eigenvalue weighted by molar-refractivity contribution is -0.132. The Morgan fingerprint density at radius 3 is 2.50 bits per heavy atom. The van der Waals surface area contributed by atoms with Gasteiger partial charge in [-0.1, -0.05) is 6.08 Å². The predicted molar refractivity (Wildman–Crippen MR) is 156 cm³/mol. The monoisotopic (exact) mass is 537 g/mol. The Morgan fingerprint density at radius 2 is 1.75 bits per heavy atom. The summed E-state index contributed by atoms with van der Waals surface area (Å²) < 4.78 is 0. The van der Waals surface area contributed by atoms with Gasteiger partial charge in [-0.15, -0.1) is 0 Å². The van der Waals surface area contributed by atoms with E-state index in [2.05, 4.69) is 30.9 Å². The van der Waals surface area contributed by atoms with E-state index >= 15 is 0 Å². The van der Waals surface area contributed by atoms with Crippen molar-refractivity contribution in [2.75, 3.05) is 49.7 Å². The van der Waals surface area contributed by atoms with Crippen LogP contribution in [0, 0.1) is 0 Å². The summed E-state index contributed by atoms with van der Waals surface area (Å²) in [4.78, 5) is 45.7. The predicted octanol–water partition coefficient (Wildman–Crippen LogP) is 3.53. The van der Waals surface area contributed by atoms with E-state index in [1.54, 1.807) is 48.6 Å². The minimum absolute atomic E-state index is 0.102. The van der Waals surface area contributed by atoms with Crippen LogP contribution in [0.25, 0.3) is 22.3 Å². The number of anilines is 4. The Morgan fingerprint density at radius 1 is 1.00 bits per heavy atom. The second-order valence-corrected chi connectivity index (χ2v) is 9.84. The average Bonchev–Trinajstić information content (AvgIpc) is 2.90. The zero-order valence-corrected chi connectivity index (χ0v) is 22.6. The van der Waals surface area contributed by atoms with Gasteiger partial charge < -0.3 is 25.8 Å². The summed E-state index contributed by atoms with van der Waals surface area (Å²) in [6.45, 7) is 3.70. The van der Waals surface area contributed by atoms with Crippen LogP contribution >= 0.6 is 0 Å². The van der Waals surface area contributed by atoms with Crippen LogP contribution in [0.5, 0.6) is 0 Å². The minimum Gasteiger partial charge on any atom is -0.379 e. The molecule has 1 aliphatic rings. The maximum atomic E-state index is 12.3. The standard InChI is InChI=1S/C29H31N9O2/c1-19(39)38-17-24(18-38)33-21-6-8-22(9-7-21)35-29-32-16-20-10-12-31-28(27(20)36-29)25-15-23(11-13-30-25)34-26(40)5-4-14-37(2)3/h4-13,15-16,24,33H,14,17-18H2,1-3H3,(H,30,34,40)(H,32,35,36)/b5-4+. The molecule has 1 aliphatic heterocycles. The molecular weight excluding hydrogens is 506 g/mol. The van der Waals surface area contributed by atoms with Gasteiger partial charge in [-0.25, -0.2) is 9.97 Å². The lowest BCUT2D eigenvalue weighted by atomic mass is 10.1. The first-order valence-corrected chi connectivity index (χ1v) is 12.9. The summed E-state index contributed by atoms with van der Waals surface area (Å²) >= 11 is 0. The van der Waals surface area contributed by atoms with E-state index in [9.17, 15) is 9.59 Å². The number of aromatic nitrogens is 4. The smallest absolute Gasteiger partial charge is 0.248 e. The van der Waals surface area contributed by atoms with Gasteiger partial charge in [-0.3, -0.25) is 19.6 Å². The average molecular weight is 538 g/mol. The zero-order chi connectivity index (χ0) is 28.1. The molecule has 4 aromatic rings. The molecule has 1 aromatic carbocycles. The molecule has 11 heteroatoms. The molecule has 0 atom stereocenters. The van der Waals surface area contributed by atoms with Crippen LogP contribution in [0.15, 0.2) is 73.2 Å². The number of amides is 2. The van der Waals surface area contributed by atoms with Crippen LogP contribution in [-0.2, 0) is 9.59 Å². The third kappa shape index (κ3) is 6.56. The molecule has 1 fully saturated rings.